The number of hydrogen-bond acceptors (Lipinski definition) is 1. The first-order valence-corrected chi connectivity index (χ1v) is 17.7. The zero-order valence-corrected chi connectivity index (χ0v) is 17.9. The number of anilines is 1. The Hall–Kier alpha value is -1.19. The number of amides is 1. The monoisotopic (exact) mass is 518 g/mol. The van der Waals surface area contributed by atoms with Crippen LogP contribution in [0.25, 0.3) is 0 Å². The number of carbonyl (C=O) groups is 1. The van der Waals surface area contributed by atoms with E-state index in [0.717, 1.165) is 20.9 Å². The van der Waals surface area contributed by atoms with Crippen molar-refractivity contribution in [3.8, 4) is 0 Å². The van der Waals surface area contributed by atoms with Crippen molar-refractivity contribution in [1.29, 1.82) is 0 Å². The quantitative estimate of drug-likeness (QED) is 0.575. The molecule has 3 rings (SSSR count). The molecule has 1 heterocycles. The molecule has 2 aromatic carbocycles. The minimum absolute atomic E-state index is 0.250. The van der Waals surface area contributed by atoms with Gasteiger partial charge >= 0.3 is 151 Å². The van der Waals surface area contributed by atoms with Crippen LogP contribution in [0.1, 0.15) is 29.5 Å². The third-order valence-electron chi connectivity index (χ3n) is 4.90. The van der Waals surface area contributed by atoms with E-state index < -0.39 is 20.6 Å². The molecule has 1 amide bonds. The van der Waals surface area contributed by atoms with Crippen molar-refractivity contribution in [2.75, 3.05) is 5.32 Å². The first-order chi connectivity index (χ1) is 11.6. The number of benzene rings is 2. The third-order valence-corrected chi connectivity index (χ3v) is 21.0. The van der Waals surface area contributed by atoms with Crippen molar-refractivity contribution in [2.45, 2.75) is 43.0 Å². The Morgan fingerprint density at radius 1 is 0.958 bits per heavy atom. The van der Waals surface area contributed by atoms with Crippen molar-refractivity contribution >= 4 is 32.2 Å². The van der Waals surface area contributed by atoms with Crippen LogP contribution in [-0.2, 0) is 8.87 Å². The van der Waals surface area contributed by atoms with Crippen LogP contribution in [0.5, 0.6) is 0 Å². The van der Waals surface area contributed by atoms with Gasteiger partial charge in [0, 0.05) is 0 Å². The predicted molar refractivity (Wildman–Crippen MR) is 104 cm³/mol. The summed E-state index contributed by atoms with van der Waals surface area (Å²) in [7, 11) is 0. The van der Waals surface area contributed by atoms with E-state index in [2.05, 4.69) is 61.6 Å². The van der Waals surface area contributed by atoms with E-state index in [9.17, 15) is 4.79 Å². The SMILES string of the molecule is Cc1cccc(C)c1NC(=O)[CH2][Po]1([CH2]c2ccccc2)[CH2]CC[CH2]1. The Bertz CT molecular complexity index is 685. The van der Waals surface area contributed by atoms with Crippen molar-refractivity contribution < 1.29 is 4.79 Å². The Morgan fingerprint density at radius 2 is 1.58 bits per heavy atom. The molecule has 0 aliphatic carbocycles. The first-order valence-electron chi connectivity index (χ1n) is 8.72. The minimum atomic E-state index is -2.37. The first kappa shape index (κ1) is 17.6. The molecular weight excluding hydrogens is 491 g/mol. The summed E-state index contributed by atoms with van der Waals surface area (Å²) in [5.74, 6) is 0.250. The average Bonchev–Trinajstić information content (AvgIpc) is 3.00. The fourth-order valence-electron chi connectivity index (χ4n) is 3.65. The number of aryl methyl sites for hydroxylation is 2. The Labute approximate surface area is 150 Å². The van der Waals surface area contributed by atoms with Gasteiger partial charge in [-0.05, 0) is 0 Å². The fourth-order valence-corrected chi connectivity index (χ4v) is 19.4. The topological polar surface area (TPSA) is 29.1 Å². The summed E-state index contributed by atoms with van der Waals surface area (Å²) < 4.78 is 4.77. The van der Waals surface area contributed by atoms with Crippen molar-refractivity contribution in [3.05, 3.63) is 65.2 Å². The van der Waals surface area contributed by atoms with Crippen LogP contribution >= 0.6 is 0 Å². The zero-order valence-electron chi connectivity index (χ0n) is 14.7. The van der Waals surface area contributed by atoms with Gasteiger partial charge in [-0.2, -0.15) is 0 Å². The molecular formula is C21H27NOPo. The molecule has 3 heteroatoms. The number of carbonyl (C=O) groups excluding carboxylic acids is 1. The van der Waals surface area contributed by atoms with Gasteiger partial charge in [0.15, 0.2) is 0 Å². The third kappa shape index (κ3) is 4.25. The summed E-state index contributed by atoms with van der Waals surface area (Å²) in [6.07, 6.45) is 2.66. The molecule has 0 saturated carbocycles. The maximum absolute atomic E-state index is 12.8. The second kappa shape index (κ2) is 7.79. The molecule has 0 spiro atoms. The summed E-state index contributed by atoms with van der Waals surface area (Å²) in [5, 5.41) is 3.23. The van der Waals surface area contributed by atoms with E-state index in [1.807, 2.05) is 6.07 Å². The van der Waals surface area contributed by atoms with Crippen molar-refractivity contribution in [3.63, 3.8) is 0 Å². The van der Waals surface area contributed by atoms with Crippen molar-refractivity contribution in [2.24, 2.45) is 0 Å². The second-order valence-corrected chi connectivity index (χ2v) is 21.9. The molecule has 0 atom stereocenters. The van der Waals surface area contributed by atoms with E-state index in [1.165, 1.54) is 30.6 Å². The van der Waals surface area contributed by atoms with Gasteiger partial charge in [0.2, 0.25) is 0 Å². The molecule has 1 saturated heterocycles. The molecule has 0 radical (unpaired) electrons. The molecule has 0 aromatic heterocycles. The zero-order chi connectivity index (χ0) is 17.0. The molecule has 128 valence electrons. The van der Waals surface area contributed by atoms with E-state index in [0.29, 0.717) is 0 Å². The van der Waals surface area contributed by atoms with Gasteiger partial charge in [-0.15, -0.1) is 0 Å². The summed E-state index contributed by atoms with van der Waals surface area (Å²) >= 11 is -2.37. The molecule has 1 fully saturated rings. The number of para-hydroxylation sites is 1. The van der Waals surface area contributed by atoms with Crippen LogP contribution in [0.3, 0.4) is 0 Å². The molecule has 1 aliphatic rings. The molecule has 1 N–H and O–H groups in total. The molecule has 0 bridgehead atoms. The van der Waals surface area contributed by atoms with Crippen LogP contribution in [0.2, 0.25) is 12.2 Å². The second-order valence-electron chi connectivity index (χ2n) is 6.93. The molecule has 0 unspecified atom stereocenters. The Balaban J connectivity index is 1.73. The van der Waals surface area contributed by atoms with Gasteiger partial charge in [-0.25, -0.2) is 0 Å². The van der Waals surface area contributed by atoms with Gasteiger partial charge in [0.05, 0.1) is 0 Å². The summed E-state index contributed by atoms with van der Waals surface area (Å²) in [5.41, 5.74) is 4.76. The Kier molecular flexibility index (Phi) is 5.72. The molecule has 2 aromatic rings. The van der Waals surface area contributed by atoms with Crippen LogP contribution in [0, 0.1) is 13.8 Å². The van der Waals surface area contributed by atoms with E-state index in [4.69, 9.17) is 0 Å². The number of nitrogens with one attached hydrogen (secondary N) is 1. The summed E-state index contributed by atoms with van der Waals surface area (Å²) in [4.78, 5) is 12.8. The number of hydrogen-bond donors (Lipinski definition) is 1. The van der Waals surface area contributed by atoms with Gasteiger partial charge in [0.25, 0.3) is 0 Å². The standard InChI is InChI=1S/C10H12NO.C7H7.C4H8.Po/c1-7-5-4-6-8(2)10(7)11-9(3)12;1-7-5-3-2-4-6-7;1-3-4-2;/h4-6H,3H2,1-2H3,(H,11,12);2-6H,1H2;1-4H2;. The predicted octanol–water partition coefficient (Wildman–Crippen LogP) is 5.27. The summed E-state index contributed by atoms with van der Waals surface area (Å²) in [6, 6.07) is 17.0. The van der Waals surface area contributed by atoms with E-state index in [-0.39, 0.29) is 5.91 Å². The van der Waals surface area contributed by atoms with Gasteiger partial charge in [-0.1, -0.05) is 0 Å². The van der Waals surface area contributed by atoms with Crippen LogP contribution in [0.15, 0.2) is 48.5 Å². The normalized spacial score (nSPS) is 17.4. The molecule has 2 nitrogen and oxygen atoms in total. The van der Waals surface area contributed by atoms with Gasteiger partial charge < -0.3 is 0 Å². The summed E-state index contributed by atoms with van der Waals surface area (Å²) in [6.45, 7) is 4.14. The van der Waals surface area contributed by atoms with Crippen LogP contribution < -0.4 is 5.32 Å². The van der Waals surface area contributed by atoms with E-state index >= 15 is 0 Å². The molecule has 1 aliphatic heterocycles. The van der Waals surface area contributed by atoms with Gasteiger partial charge in [0.1, 0.15) is 0 Å². The molecule has 24 heavy (non-hydrogen) atoms. The fraction of sp³-hybridized carbons (Fsp3) is 0.381. The van der Waals surface area contributed by atoms with Crippen molar-refractivity contribution in [1.82, 2.24) is 0 Å². The van der Waals surface area contributed by atoms with Crippen LogP contribution in [0.4, 0.5) is 5.69 Å². The van der Waals surface area contributed by atoms with Crippen LogP contribution in [-0.4, -0.2) is 26.5 Å². The Morgan fingerprint density at radius 3 is 2.21 bits per heavy atom. The maximum atomic E-state index is 12.8. The number of rotatable bonds is 5. The van der Waals surface area contributed by atoms with Gasteiger partial charge in [-0.3, -0.25) is 0 Å². The average molecular weight is 518 g/mol. The van der Waals surface area contributed by atoms with E-state index in [1.54, 1.807) is 0 Å².